The minimum atomic E-state index is -0.380. The van der Waals surface area contributed by atoms with Crippen LogP contribution < -0.4 is 5.32 Å². The van der Waals surface area contributed by atoms with Crippen molar-refractivity contribution in [1.82, 2.24) is 10.2 Å². The highest BCUT2D eigenvalue weighted by atomic mass is 15.2. The lowest BCUT2D eigenvalue weighted by Gasteiger charge is -2.34. The van der Waals surface area contributed by atoms with Crippen LogP contribution in [0.4, 0.5) is 0 Å². The molecule has 0 aromatic carbocycles. The van der Waals surface area contributed by atoms with Gasteiger partial charge < -0.3 is 0 Å². The van der Waals surface area contributed by atoms with E-state index in [0.29, 0.717) is 6.04 Å². The fraction of sp³-hybridized carbons (Fsp3) is 0.929. The lowest BCUT2D eigenvalue weighted by Crippen LogP contribution is -2.48. The first-order valence-electron chi connectivity index (χ1n) is 6.98. The Morgan fingerprint density at radius 1 is 1.53 bits per heavy atom. The summed E-state index contributed by atoms with van der Waals surface area (Å²) in [4.78, 5) is 2.59. The van der Waals surface area contributed by atoms with Crippen molar-refractivity contribution in [3.05, 3.63) is 0 Å². The molecule has 1 aliphatic heterocycles. The molecule has 0 aromatic heterocycles. The third kappa shape index (κ3) is 3.69. The minimum absolute atomic E-state index is 0.380. The van der Waals surface area contributed by atoms with Gasteiger partial charge in [-0.15, -0.1) is 0 Å². The van der Waals surface area contributed by atoms with Crippen molar-refractivity contribution >= 4 is 0 Å². The molecule has 0 amide bonds. The van der Waals surface area contributed by atoms with Crippen LogP contribution in [0, 0.1) is 11.3 Å². The summed E-state index contributed by atoms with van der Waals surface area (Å²) >= 11 is 0. The van der Waals surface area contributed by atoms with Crippen molar-refractivity contribution in [3.8, 4) is 6.07 Å². The Hall–Kier alpha value is -0.590. The molecule has 0 aromatic rings. The van der Waals surface area contributed by atoms with E-state index in [-0.39, 0.29) is 5.54 Å². The van der Waals surface area contributed by atoms with Crippen LogP contribution in [-0.2, 0) is 0 Å². The van der Waals surface area contributed by atoms with E-state index >= 15 is 0 Å². The zero-order valence-electron chi connectivity index (χ0n) is 11.8. The summed E-state index contributed by atoms with van der Waals surface area (Å²) in [7, 11) is 0. The summed E-state index contributed by atoms with van der Waals surface area (Å²) in [5, 5.41) is 12.6. The number of likely N-dealkylation sites (tertiary alicyclic amines) is 1. The molecule has 0 bridgehead atoms. The molecular weight excluding hydrogens is 210 g/mol. The summed E-state index contributed by atoms with van der Waals surface area (Å²) in [6, 6.07) is 3.65. The van der Waals surface area contributed by atoms with Crippen LogP contribution in [0.3, 0.4) is 0 Å². The summed E-state index contributed by atoms with van der Waals surface area (Å²) < 4.78 is 0. The first-order chi connectivity index (χ1) is 8.06. The van der Waals surface area contributed by atoms with E-state index in [1.54, 1.807) is 0 Å². The zero-order chi connectivity index (χ0) is 12.9. The highest BCUT2D eigenvalue weighted by molar-refractivity contribution is 5.05. The van der Waals surface area contributed by atoms with Gasteiger partial charge in [-0.25, -0.2) is 0 Å². The zero-order valence-corrected chi connectivity index (χ0v) is 11.8. The molecular formula is C14H27N3. The Morgan fingerprint density at radius 3 is 2.76 bits per heavy atom. The summed E-state index contributed by atoms with van der Waals surface area (Å²) in [5.74, 6) is 0. The van der Waals surface area contributed by atoms with E-state index in [4.69, 9.17) is 0 Å². The number of nitrogens with one attached hydrogen (secondary N) is 1. The molecule has 1 fully saturated rings. The van der Waals surface area contributed by atoms with Gasteiger partial charge >= 0.3 is 0 Å². The van der Waals surface area contributed by atoms with Gasteiger partial charge in [0.2, 0.25) is 0 Å². The van der Waals surface area contributed by atoms with Gasteiger partial charge in [0.15, 0.2) is 0 Å². The number of nitriles is 1. The van der Waals surface area contributed by atoms with Crippen LogP contribution in [-0.4, -0.2) is 35.6 Å². The number of rotatable bonds is 6. The van der Waals surface area contributed by atoms with Crippen molar-refractivity contribution < 1.29 is 0 Å². The average Bonchev–Trinajstić information content (AvgIpc) is 2.77. The largest absolute Gasteiger partial charge is 0.300 e. The molecule has 3 nitrogen and oxygen atoms in total. The van der Waals surface area contributed by atoms with Gasteiger partial charge in [-0.05, 0) is 52.6 Å². The van der Waals surface area contributed by atoms with Crippen LogP contribution in [0.25, 0.3) is 0 Å². The van der Waals surface area contributed by atoms with Crippen LogP contribution in [0.15, 0.2) is 0 Å². The van der Waals surface area contributed by atoms with Gasteiger partial charge in [-0.2, -0.15) is 5.26 Å². The molecule has 0 spiro atoms. The van der Waals surface area contributed by atoms with Gasteiger partial charge in [0.25, 0.3) is 0 Å². The van der Waals surface area contributed by atoms with E-state index in [2.05, 4.69) is 37.1 Å². The Morgan fingerprint density at radius 2 is 2.24 bits per heavy atom. The molecule has 1 saturated heterocycles. The maximum atomic E-state index is 9.30. The quantitative estimate of drug-likeness (QED) is 0.771. The average molecular weight is 237 g/mol. The second-order valence-corrected chi connectivity index (χ2v) is 5.47. The molecule has 3 atom stereocenters. The van der Waals surface area contributed by atoms with Crippen molar-refractivity contribution in [2.75, 3.05) is 13.1 Å². The number of hydrogen-bond donors (Lipinski definition) is 1. The third-order valence-electron chi connectivity index (χ3n) is 3.98. The number of nitrogens with zero attached hydrogens (tertiary/aromatic N) is 2. The Kier molecular flexibility index (Phi) is 5.42. The predicted molar refractivity (Wildman–Crippen MR) is 71.8 cm³/mol. The molecule has 3 unspecified atom stereocenters. The topological polar surface area (TPSA) is 39.1 Å². The third-order valence-corrected chi connectivity index (χ3v) is 3.98. The van der Waals surface area contributed by atoms with Crippen LogP contribution >= 0.6 is 0 Å². The van der Waals surface area contributed by atoms with Crippen molar-refractivity contribution in [3.63, 3.8) is 0 Å². The first kappa shape index (κ1) is 14.5. The van der Waals surface area contributed by atoms with Crippen LogP contribution in [0.5, 0.6) is 0 Å². The van der Waals surface area contributed by atoms with Crippen molar-refractivity contribution in [2.45, 2.75) is 71.0 Å². The Labute approximate surface area is 106 Å². The predicted octanol–water partition coefficient (Wildman–Crippen LogP) is 2.53. The van der Waals surface area contributed by atoms with E-state index < -0.39 is 0 Å². The van der Waals surface area contributed by atoms with Gasteiger partial charge in [0, 0.05) is 12.1 Å². The lowest BCUT2D eigenvalue weighted by molar-refractivity contribution is 0.159. The second kappa shape index (κ2) is 6.37. The monoisotopic (exact) mass is 237 g/mol. The first-order valence-corrected chi connectivity index (χ1v) is 6.98. The molecule has 3 heteroatoms. The normalized spacial score (nSPS) is 26.4. The van der Waals surface area contributed by atoms with Gasteiger partial charge in [-0.1, -0.05) is 13.8 Å². The highest BCUT2D eigenvalue weighted by Gasteiger charge is 2.32. The van der Waals surface area contributed by atoms with Crippen molar-refractivity contribution in [2.24, 2.45) is 0 Å². The number of hydrogen-bond acceptors (Lipinski definition) is 3. The smallest absolute Gasteiger partial charge is 0.105 e. The fourth-order valence-corrected chi connectivity index (χ4v) is 3.13. The molecule has 98 valence electrons. The van der Waals surface area contributed by atoms with Crippen LogP contribution in [0.1, 0.15) is 53.4 Å². The molecule has 0 saturated carbocycles. The standard InChI is InChI=1S/C14H27N3/c1-5-13-8-7-9-17(13)12(3)10-14(4,11-15)16-6-2/h12-13,16H,5-10H2,1-4H3. The Balaban J connectivity index is 2.58. The van der Waals surface area contributed by atoms with E-state index in [1.807, 2.05) is 6.92 Å². The van der Waals surface area contributed by atoms with Crippen LogP contribution in [0.2, 0.25) is 0 Å². The fourth-order valence-electron chi connectivity index (χ4n) is 3.13. The van der Waals surface area contributed by atoms with Gasteiger partial charge in [-0.3, -0.25) is 10.2 Å². The maximum absolute atomic E-state index is 9.30. The van der Waals surface area contributed by atoms with E-state index in [0.717, 1.165) is 19.0 Å². The highest BCUT2D eigenvalue weighted by Crippen LogP contribution is 2.26. The van der Waals surface area contributed by atoms with E-state index in [9.17, 15) is 5.26 Å². The van der Waals surface area contributed by atoms with Gasteiger partial charge in [0.1, 0.15) is 5.54 Å². The molecule has 1 rings (SSSR count). The van der Waals surface area contributed by atoms with Crippen molar-refractivity contribution in [1.29, 1.82) is 5.26 Å². The minimum Gasteiger partial charge on any atom is -0.300 e. The summed E-state index contributed by atoms with van der Waals surface area (Å²) in [5.41, 5.74) is -0.380. The van der Waals surface area contributed by atoms with Gasteiger partial charge in [0.05, 0.1) is 6.07 Å². The van der Waals surface area contributed by atoms with E-state index in [1.165, 1.54) is 25.8 Å². The SMILES string of the molecule is CCNC(C)(C#N)CC(C)N1CCCC1CC. The Bertz CT molecular complexity index is 271. The lowest BCUT2D eigenvalue weighted by atomic mass is 9.94. The molecule has 0 radical (unpaired) electrons. The summed E-state index contributed by atoms with van der Waals surface area (Å²) in [6.07, 6.45) is 4.78. The molecule has 1 N–H and O–H groups in total. The molecule has 17 heavy (non-hydrogen) atoms. The second-order valence-electron chi connectivity index (χ2n) is 5.47. The molecule has 1 heterocycles. The summed E-state index contributed by atoms with van der Waals surface area (Å²) in [6.45, 7) is 10.7. The maximum Gasteiger partial charge on any atom is 0.105 e. The molecule has 0 aliphatic carbocycles. The molecule has 1 aliphatic rings.